The second kappa shape index (κ2) is 11.7. The van der Waals surface area contributed by atoms with E-state index in [0.717, 1.165) is 12.1 Å². The van der Waals surface area contributed by atoms with Gasteiger partial charge in [0.2, 0.25) is 5.91 Å². The van der Waals surface area contributed by atoms with Crippen molar-refractivity contribution in [2.24, 2.45) is 0 Å². The summed E-state index contributed by atoms with van der Waals surface area (Å²) >= 11 is 0. The Bertz CT molecular complexity index is 1400. The summed E-state index contributed by atoms with van der Waals surface area (Å²) in [6.45, 7) is 5.18. The number of amides is 1. The van der Waals surface area contributed by atoms with E-state index in [4.69, 9.17) is 14.0 Å². The van der Waals surface area contributed by atoms with Crippen LogP contribution in [0, 0.1) is 17.5 Å². The van der Waals surface area contributed by atoms with Crippen molar-refractivity contribution in [1.29, 1.82) is 0 Å². The van der Waals surface area contributed by atoms with E-state index in [1.807, 2.05) is 20.8 Å². The molecule has 4 heterocycles. The van der Waals surface area contributed by atoms with Gasteiger partial charge in [-0.2, -0.15) is 0 Å². The van der Waals surface area contributed by atoms with E-state index in [2.05, 4.69) is 15.5 Å². The maximum absolute atomic E-state index is 13.9. The van der Waals surface area contributed by atoms with Crippen LogP contribution in [0.5, 0.6) is 0 Å². The topological polar surface area (TPSA) is 156 Å². The highest BCUT2D eigenvalue weighted by molar-refractivity contribution is 5.78. The molecule has 2 saturated heterocycles. The smallest absolute Gasteiger partial charge is 0.248 e. The first-order valence-electron chi connectivity index (χ1n) is 13.4. The molecular formula is C27H32F3N5O7. The first kappa shape index (κ1) is 30.1. The van der Waals surface area contributed by atoms with Crippen LogP contribution in [0.15, 0.2) is 28.9 Å². The average Bonchev–Trinajstić information content (AvgIpc) is 3.59. The third-order valence-electron chi connectivity index (χ3n) is 7.38. The predicted octanol–water partition coefficient (Wildman–Crippen LogP) is 1.14. The van der Waals surface area contributed by atoms with Crippen molar-refractivity contribution in [3.05, 3.63) is 53.3 Å². The molecule has 0 aliphatic carbocycles. The number of rotatable bonds is 8. The monoisotopic (exact) mass is 595 g/mol. The molecule has 5 rings (SSSR count). The summed E-state index contributed by atoms with van der Waals surface area (Å²) in [5.41, 5.74) is 0.0418. The van der Waals surface area contributed by atoms with Crippen LogP contribution in [-0.4, -0.2) is 103 Å². The quantitative estimate of drug-likeness (QED) is 0.323. The number of β-amino-alcohol motifs (C(OH)–C–C–N with tert-alkyl or cyclic N) is 1. The van der Waals surface area contributed by atoms with Gasteiger partial charge in [0.15, 0.2) is 17.5 Å². The Morgan fingerprint density at radius 2 is 1.81 bits per heavy atom. The van der Waals surface area contributed by atoms with Crippen LogP contribution >= 0.6 is 0 Å². The summed E-state index contributed by atoms with van der Waals surface area (Å²) in [5.74, 6) is -4.24. The highest BCUT2D eigenvalue weighted by Crippen LogP contribution is 2.35. The Morgan fingerprint density at radius 3 is 2.40 bits per heavy atom. The van der Waals surface area contributed by atoms with Gasteiger partial charge in [0.25, 0.3) is 0 Å². The molecule has 0 saturated carbocycles. The first-order valence-corrected chi connectivity index (χ1v) is 13.4. The molecule has 0 spiro atoms. The van der Waals surface area contributed by atoms with Gasteiger partial charge in [0, 0.05) is 36.6 Å². The number of likely N-dealkylation sites (tertiary alicyclic amines) is 1. The van der Waals surface area contributed by atoms with Gasteiger partial charge in [-0.05, 0) is 12.1 Å². The molecule has 0 bridgehead atoms. The Labute approximate surface area is 238 Å². The van der Waals surface area contributed by atoms with Gasteiger partial charge in [-0.3, -0.25) is 4.79 Å². The fraction of sp³-hybridized carbons (Fsp3) is 0.556. The Morgan fingerprint density at radius 1 is 1.12 bits per heavy atom. The molecule has 0 unspecified atom stereocenters. The highest BCUT2D eigenvalue weighted by Gasteiger charge is 2.48. The van der Waals surface area contributed by atoms with E-state index in [0.29, 0.717) is 11.5 Å². The third kappa shape index (κ3) is 6.06. The number of hydrogen-bond donors (Lipinski definition) is 3. The lowest BCUT2D eigenvalue weighted by Gasteiger charge is -2.44. The molecule has 228 valence electrons. The molecule has 0 radical (unpaired) electrons. The summed E-state index contributed by atoms with van der Waals surface area (Å²) in [5, 5.41) is 42.9. The third-order valence-corrected chi connectivity index (χ3v) is 7.38. The minimum Gasteiger partial charge on any atom is -0.394 e. The largest absolute Gasteiger partial charge is 0.394 e. The van der Waals surface area contributed by atoms with Gasteiger partial charge in [0.05, 0.1) is 30.7 Å². The van der Waals surface area contributed by atoms with Crippen molar-refractivity contribution in [2.75, 3.05) is 26.3 Å². The van der Waals surface area contributed by atoms with E-state index >= 15 is 0 Å². The maximum atomic E-state index is 13.9. The lowest BCUT2D eigenvalue weighted by molar-refractivity contribution is -0.219. The molecule has 2 aliphatic heterocycles. The maximum Gasteiger partial charge on any atom is 0.248 e. The fourth-order valence-corrected chi connectivity index (χ4v) is 4.99. The zero-order valence-corrected chi connectivity index (χ0v) is 23.2. The lowest BCUT2D eigenvalue weighted by atomic mass is 9.89. The second-order valence-electron chi connectivity index (χ2n) is 11.6. The number of aliphatic hydroxyl groups is 3. The van der Waals surface area contributed by atoms with Crippen LogP contribution < -0.4 is 0 Å². The lowest BCUT2D eigenvalue weighted by Crippen LogP contribution is -2.59. The van der Waals surface area contributed by atoms with Gasteiger partial charge in [-0.25, -0.2) is 17.9 Å². The number of halogens is 3. The van der Waals surface area contributed by atoms with E-state index < -0.39 is 73.1 Å². The van der Waals surface area contributed by atoms with Crippen LogP contribution in [0.3, 0.4) is 0 Å². The van der Waals surface area contributed by atoms with Crippen LogP contribution in [-0.2, 0) is 26.1 Å². The molecular weight excluding hydrogens is 563 g/mol. The van der Waals surface area contributed by atoms with Gasteiger partial charge >= 0.3 is 0 Å². The number of carbonyl (C=O) groups excluding carboxylic acids is 1. The predicted molar refractivity (Wildman–Crippen MR) is 137 cm³/mol. The van der Waals surface area contributed by atoms with Crippen LogP contribution in [0.25, 0.3) is 11.3 Å². The Kier molecular flexibility index (Phi) is 8.40. The number of hydrogen-bond acceptors (Lipinski definition) is 10. The molecule has 2 fully saturated rings. The molecule has 3 N–H and O–H groups in total. The van der Waals surface area contributed by atoms with Crippen molar-refractivity contribution in [3.63, 3.8) is 0 Å². The van der Waals surface area contributed by atoms with Gasteiger partial charge in [-0.15, -0.1) is 5.10 Å². The van der Waals surface area contributed by atoms with Crippen molar-refractivity contribution in [1.82, 2.24) is 25.1 Å². The SMILES string of the molecule is CC(C)(C)c1cc(C[C@H]2O[C@H](CO)[C@H](O)[C@H](n3cc(-c4cc(F)c(F)c(F)c4)nn3)[C@H]2OCC(=O)N2CC(O)C2)no1. The highest BCUT2D eigenvalue weighted by atomic mass is 19.2. The summed E-state index contributed by atoms with van der Waals surface area (Å²) in [6, 6.07) is 2.18. The first-order chi connectivity index (χ1) is 19.8. The number of aromatic nitrogens is 4. The zero-order valence-electron chi connectivity index (χ0n) is 23.2. The summed E-state index contributed by atoms with van der Waals surface area (Å²) in [6.07, 6.45) is -3.69. The summed E-state index contributed by atoms with van der Waals surface area (Å²) in [7, 11) is 0. The van der Waals surface area contributed by atoms with Crippen molar-refractivity contribution >= 4 is 5.91 Å². The number of ether oxygens (including phenoxy) is 2. The molecule has 2 aliphatic rings. The van der Waals surface area contributed by atoms with Gasteiger partial charge in [0.1, 0.15) is 42.4 Å². The molecule has 15 heteroatoms. The van der Waals surface area contributed by atoms with Gasteiger partial charge in [-0.1, -0.05) is 31.1 Å². The molecule has 1 amide bonds. The van der Waals surface area contributed by atoms with E-state index in [1.54, 1.807) is 6.07 Å². The number of carbonyl (C=O) groups is 1. The minimum atomic E-state index is -1.63. The van der Waals surface area contributed by atoms with Crippen molar-refractivity contribution < 1.29 is 47.3 Å². The van der Waals surface area contributed by atoms with E-state index in [-0.39, 0.29) is 36.2 Å². The Hall–Kier alpha value is -3.37. The molecule has 5 atom stereocenters. The van der Waals surface area contributed by atoms with Crippen molar-refractivity contribution in [3.8, 4) is 11.3 Å². The zero-order chi connectivity index (χ0) is 30.3. The normalized spacial score (nSPS) is 25.1. The fourth-order valence-electron chi connectivity index (χ4n) is 4.99. The number of aliphatic hydroxyl groups excluding tert-OH is 3. The minimum absolute atomic E-state index is 0.0284. The van der Waals surface area contributed by atoms with E-state index in [1.165, 1.54) is 15.8 Å². The number of nitrogens with zero attached hydrogens (tertiary/aromatic N) is 5. The van der Waals surface area contributed by atoms with Gasteiger partial charge < -0.3 is 34.2 Å². The molecule has 12 nitrogen and oxygen atoms in total. The van der Waals surface area contributed by atoms with Crippen LogP contribution in [0.1, 0.15) is 38.3 Å². The number of benzene rings is 1. The molecule has 2 aromatic heterocycles. The second-order valence-corrected chi connectivity index (χ2v) is 11.6. The molecule has 1 aromatic carbocycles. The Balaban J connectivity index is 1.47. The van der Waals surface area contributed by atoms with E-state index in [9.17, 15) is 33.3 Å². The summed E-state index contributed by atoms with van der Waals surface area (Å²) < 4.78 is 60.1. The van der Waals surface area contributed by atoms with Crippen LogP contribution in [0.4, 0.5) is 13.2 Å². The standard InChI is InChI=1S/C27H32F3N5O7/c1-27(2,3)21-7-14(32-42-21)6-19-26(40-12-22(38)34-8-15(37)9-34)24(25(39)20(11-36)41-19)35-10-18(31-33-35)13-4-16(28)23(30)17(29)5-13/h4-5,7,10,15,19-20,24-26,36-37,39H,6,8-9,11-12H2,1-3H3/t19-,20-,24+,25+,26+/m1/s1. The summed E-state index contributed by atoms with van der Waals surface area (Å²) in [4.78, 5) is 14.1. The van der Waals surface area contributed by atoms with Crippen LogP contribution in [0.2, 0.25) is 0 Å². The molecule has 3 aromatic rings. The average molecular weight is 596 g/mol. The molecule has 42 heavy (non-hydrogen) atoms. The van der Waals surface area contributed by atoms with Crippen molar-refractivity contribution in [2.45, 2.75) is 69.2 Å².